The first-order chi connectivity index (χ1) is 6.82. The summed E-state index contributed by atoms with van der Waals surface area (Å²) in [5, 5.41) is 0. The highest BCUT2D eigenvalue weighted by Crippen LogP contribution is 2.29. The second kappa shape index (κ2) is 4.76. The van der Waals surface area contributed by atoms with E-state index in [-0.39, 0.29) is 11.6 Å². The van der Waals surface area contributed by atoms with Crippen LogP contribution in [0.2, 0.25) is 0 Å². The number of hydrogen-bond acceptors (Lipinski definition) is 3. The molecular weight excluding hydrogens is 208 g/mol. The van der Waals surface area contributed by atoms with Gasteiger partial charge in [-0.05, 0) is 40.7 Å². The second-order valence-corrected chi connectivity index (χ2v) is 5.53. The minimum Gasteiger partial charge on any atom is -0.392 e. The molecule has 0 aromatic heterocycles. The maximum atomic E-state index is 5.92. The highest BCUT2D eigenvalue weighted by Gasteiger charge is 2.32. The SMILES string of the molecule is CC(C(N)=S)N(C)CC1CCC(C)(C)O1. The molecule has 0 radical (unpaired) electrons. The van der Waals surface area contributed by atoms with Crippen LogP contribution in [0.1, 0.15) is 33.6 Å². The van der Waals surface area contributed by atoms with Gasteiger partial charge >= 0.3 is 0 Å². The molecule has 88 valence electrons. The predicted molar refractivity (Wildman–Crippen MR) is 67.1 cm³/mol. The van der Waals surface area contributed by atoms with Crippen LogP contribution in [0.4, 0.5) is 0 Å². The average Bonchev–Trinajstić information content (AvgIpc) is 2.43. The first-order valence-electron chi connectivity index (χ1n) is 5.49. The quantitative estimate of drug-likeness (QED) is 0.744. The molecule has 1 aliphatic heterocycles. The van der Waals surface area contributed by atoms with Crippen molar-refractivity contribution in [3.05, 3.63) is 0 Å². The van der Waals surface area contributed by atoms with Crippen molar-refractivity contribution < 1.29 is 4.74 Å². The largest absolute Gasteiger partial charge is 0.392 e. The monoisotopic (exact) mass is 230 g/mol. The summed E-state index contributed by atoms with van der Waals surface area (Å²) in [6.45, 7) is 7.22. The highest BCUT2D eigenvalue weighted by atomic mass is 32.1. The van der Waals surface area contributed by atoms with Crippen LogP contribution in [-0.4, -0.2) is 41.2 Å². The van der Waals surface area contributed by atoms with Crippen molar-refractivity contribution in [2.24, 2.45) is 5.73 Å². The van der Waals surface area contributed by atoms with Crippen LogP contribution in [0.25, 0.3) is 0 Å². The molecule has 1 fully saturated rings. The van der Waals surface area contributed by atoms with Gasteiger partial charge in [-0.1, -0.05) is 12.2 Å². The van der Waals surface area contributed by atoms with E-state index < -0.39 is 0 Å². The number of rotatable bonds is 4. The molecular formula is C11H22N2OS. The Balaban J connectivity index is 2.40. The third kappa shape index (κ3) is 3.70. The summed E-state index contributed by atoms with van der Waals surface area (Å²) in [7, 11) is 2.04. The Labute approximate surface area is 98.0 Å². The lowest BCUT2D eigenvalue weighted by molar-refractivity contribution is -0.0271. The van der Waals surface area contributed by atoms with Crippen LogP contribution >= 0.6 is 12.2 Å². The van der Waals surface area contributed by atoms with Crippen molar-refractivity contribution in [2.45, 2.75) is 51.4 Å². The van der Waals surface area contributed by atoms with E-state index in [4.69, 9.17) is 22.7 Å². The average molecular weight is 230 g/mol. The predicted octanol–water partition coefficient (Wildman–Crippen LogP) is 1.55. The molecule has 0 saturated carbocycles. The Morgan fingerprint density at radius 3 is 2.67 bits per heavy atom. The van der Waals surface area contributed by atoms with Gasteiger partial charge in [0.1, 0.15) is 0 Å². The van der Waals surface area contributed by atoms with Gasteiger partial charge in [-0.25, -0.2) is 0 Å². The molecule has 2 atom stereocenters. The molecule has 1 heterocycles. The van der Waals surface area contributed by atoms with Crippen LogP contribution in [0.5, 0.6) is 0 Å². The summed E-state index contributed by atoms with van der Waals surface area (Å²) in [6.07, 6.45) is 2.58. The van der Waals surface area contributed by atoms with Crippen LogP contribution in [0.3, 0.4) is 0 Å². The maximum absolute atomic E-state index is 5.92. The van der Waals surface area contributed by atoms with Gasteiger partial charge in [-0.3, -0.25) is 4.90 Å². The molecule has 2 unspecified atom stereocenters. The lowest BCUT2D eigenvalue weighted by Gasteiger charge is -2.27. The van der Waals surface area contributed by atoms with Crippen LogP contribution in [-0.2, 0) is 4.74 Å². The van der Waals surface area contributed by atoms with E-state index in [2.05, 4.69) is 18.7 Å². The summed E-state index contributed by atoms with van der Waals surface area (Å²) >= 11 is 4.98. The third-order valence-corrected chi connectivity index (χ3v) is 3.46. The summed E-state index contributed by atoms with van der Waals surface area (Å²) in [6, 6.07) is 0.146. The van der Waals surface area contributed by atoms with Crippen LogP contribution in [0, 0.1) is 0 Å². The zero-order valence-corrected chi connectivity index (χ0v) is 10.9. The Kier molecular flexibility index (Phi) is 4.09. The van der Waals surface area contributed by atoms with Crippen molar-refractivity contribution >= 4 is 17.2 Å². The van der Waals surface area contributed by atoms with Gasteiger partial charge in [-0.15, -0.1) is 0 Å². The third-order valence-electron chi connectivity index (χ3n) is 3.12. The number of nitrogens with zero attached hydrogens (tertiary/aromatic N) is 1. The number of likely N-dealkylation sites (N-methyl/N-ethyl adjacent to an activating group) is 1. The van der Waals surface area contributed by atoms with Crippen molar-refractivity contribution in [2.75, 3.05) is 13.6 Å². The highest BCUT2D eigenvalue weighted by molar-refractivity contribution is 7.80. The van der Waals surface area contributed by atoms with Crippen molar-refractivity contribution in [3.63, 3.8) is 0 Å². The van der Waals surface area contributed by atoms with E-state index in [1.165, 1.54) is 0 Å². The smallest absolute Gasteiger partial charge is 0.0899 e. The zero-order valence-electron chi connectivity index (χ0n) is 10.1. The number of thiocarbonyl (C=S) groups is 1. The van der Waals surface area contributed by atoms with E-state index >= 15 is 0 Å². The fourth-order valence-corrected chi connectivity index (χ4v) is 2.08. The molecule has 1 rings (SSSR count). The van der Waals surface area contributed by atoms with Gasteiger partial charge in [0.05, 0.1) is 22.7 Å². The minimum atomic E-state index is 0.0397. The normalized spacial score (nSPS) is 26.9. The maximum Gasteiger partial charge on any atom is 0.0899 e. The van der Waals surface area contributed by atoms with Crippen LogP contribution < -0.4 is 5.73 Å². The van der Waals surface area contributed by atoms with E-state index in [9.17, 15) is 0 Å². The lowest BCUT2D eigenvalue weighted by Crippen LogP contribution is -2.43. The Bertz CT molecular complexity index is 243. The molecule has 0 aromatic carbocycles. The van der Waals surface area contributed by atoms with E-state index in [0.29, 0.717) is 11.1 Å². The molecule has 2 N–H and O–H groups in total. The summed E-state index contributed by atoms with van der Waals surface area (Å²) in [5.41, 5.74) is 5.65. The van der Waals surface area contributed by atoms with Gasteiger partial charge in [-0.2, -0.15) is 0 Å². The van der Waals surface area contributed by atoms with Crippen molar-refractivity contribution in [3.8, 4) is 0 Å². The van der Waals surface area contributed by atoms with Crippen molar-refractivity contribution in [1.29, 1.82) is 0 Å². The Hall–Kier alpha value is -0.190. The van der Waals surface area contributed by atoms with E-state index in [1.54, 1.807) is 0 Å². The molecule has 0 spiro atoms. The lowest BCUT2D eigenvalue weighted by atomic mass is 10.1. The van der Waals surface area contributed by atoms with Crippen LogP contribution in [0.15, 0.2) is 0 Å². The summed E-state index contributed by atoms with van der Waals surface area (Å²) < 4.78 is 5.92. The minimum absolute atomic E-state index is 0.0397. The van der Waals surface area contributed by atoms with E-state index in [1.807, 2.05) is 14.0 Å². The Morgan fingerprint density at radius 1 is 1.67 bits per heavy atom. The number of hydrogen-bond donors (Lipinski definition) is 1. The van der Waals surface area contributed by atoms with Gasteiger partial charge in [0.15, 0.2) is 0 Å². The van der Waals surface area contributed by atoms with Gasteiger partial charge in [0.25, 0.3) is 0 Å². The fraction of sp³-hybridized carbons (Fsp3) is 0.909. The number of nitrogens with two attached hydrogens (primary N) is 1. The standard InChI is InChI=1S/C11H22N2OS/c1-8(10(12)15)13(4)7-9-5-6-11(2,3)14-9/h8-9H,5-7H2,1-4H3,(H2,12,15). The topological polar surface area (TPSA) is 38.5 Å². The molecule has 0 aromatic rings. The van der Waals surface area contributed by atoms with Gasteiger partial charge < -0.3 is 10.5 Å². The number of ether oxygens (including phenoxy) is 1. The molecule has 4 heteroatoms. The second-order valence-electron chi connectivity index (χ2n) is 5.06. The molecule has 15 heavy (non-hydrogen) atoms. The first kappa shape index (κ1) is 12.9. The summed E-state index contributed by atoms with van der Waals surface area (Å²) in [4.78, 5) is 2.71. The Morgan fingerprint density at radius 2 is 2.27 bits per heavy atom. The van der Waals surface area contributed by atoms with Gasteiger partial charge in [0, 0.05) is 6.54 Å². The molecule has 1 saturated heterocycles. The van der Waals surface area contributed by atoms with E-state index in [0.717, 1.165) is 19.4 Å². The first-order valence-corrected chi connectivity index (χ1v) is 5.90. The molecule has 0 amide bonds. The molecule has 1 aliphatic rings. The molecule has 0 bridgehead atoms. The molecule has 0 aliphatic carbocycles. The molecule has 3 nitrogen and oxygen atoms in total. The van der Waals surface area contributed by atoms with Gasteiger partial charge in [0.2, 0.25) is 0 Å². The zero-order chi connectivity index (χ0) is 11.6. The van der Waals surface area contributed by atoms with Crippen molar-refractivity contribution in [1.82, 2.24) is 4.90 Å². The summed E-state index contributed by atoms with van der Waals surface area (Å²) in [5.74, 6) is 0. The fourth-order valence-electron chi connectivity index (χ4n) is 1.90.